The summed E-state index contributed by atoms with van der Waals surface area (Å²) in [5, 5.41) is 12.8. The van der Waals surface area contributed by atoms with Crippen LogP contribution in [0.3, 0.4) is 0 Å². The minimum atomic E-state index is -4.01. The number of sulfonamides is 1. The second kappa shape index (κ2) is 10.1. The zero-order valence-corrected chi connectivity index (χ0v) is 18.9. The number of carbonyl (C=O) groups is 2. The van der Waals surface area contributed by atoms with Crippen molar-refractivity contribution in [3.8, 4) is 0 Å². The van der Waals surface area contributed by atoms with Gasteiger partial charge in [-0.3, -0.25) is 9.10 Å². The summed E-state index contributed by atoms with van der Waals surface area (Å²) in [5.74, 6) is -1.68. The standard InChI is InChI=1S/C24H23N3O5S/c1-17-6-12-22(13-7-17)33(31,32)27(21-5-3-4-18(2)14-21)16-23(28)26-25-15-19-8-10-20(11-9-19)24(29)30/h3-15H,16H2,1-2H3,(H,26,28)(H,29,30)/b25-15-. The second-order valence-corrected chi connectivity index (χ2v) is 9.25. The van der Waals surface area contributed by atoms with Crippen molar-refractivity contribution >= 4 is 33.8 Å². The molecule has 2 N–H and O–H groups in total. The zero-order valence-electron chi connectivity index (χ0n) is 18.1. The van der Waals surface area contributed by atoms with Gasteiger partial charge >= 0.3 is 5.97 Å². The molecule has 8 nitrogen and oxygen atoms in total. The predicted molar refractivity (Wildman–Crippen MR) is 126 cm³/mol. The van der Waals surface area contributed by atoms with Gasteiger partial charge in [-0.15, -0.1) is 0 Å². The van der Waals surface area contributed by atoms with E-state index >= 15 is 0 Å². The van der Waals surface area contributed by atoms with Gasteiger partial charge < -0.3 is 5.11 Å². The molecule has 0 aliphatic carbocycles. The third-order valence-electron chi connectivity index (χ3n) is 4.75. The van der Waals surface area contributed by atoms with Crippen molar-refractivity contribution in [1.29, 1.82) is 0 Å². The van der Waals surface area contributed by atoms with E-state index in [0.717, 1.165) is 15.4 Å². The number of nitrogens with one attached hydrogen (secondary N) is 1. The van der Waals surface area contributed by atoms with E-state index in [1.165, 1.54) is 30.5 Å². The molecule has 0 aliphatic heterocycles. The summed E-state index contributed by atoms with van der Waals surface area (Å²) in [6.45, 7) is 3.21. The van der Waals surface area contributed by atoms with E-state index in [1.807, 2.05) is 19.9 Å². The smallest absolute Gasteiger partial charge is 0.335 e. The van der Waals surface area contributed by atoms with Crippen LogP contribution < -0.4 is 9.73 Å². The number of carboxylic acids is 1. The van der Waals surface area contributed by atoms with E-state index in [0.29, 0.717) is 11.3 Å². The lowest BCUT2D eigenvalue weighted by molar-refractivity contribution is -0.119. The first-order valence-corrected chi connectivity index (χ1v) is 11.4. The fourth-order valence-corrected chi connectivity index (χ4v) is 4.40. The number of rotatable bonds is 8. The first-order chi connectivity index (χ1) is 15.7. The first-order valence-electron chi connectivity index (χ1n) is 9.98. The molecule has 0 spiro atoms. The molecular formula is C24H23N3O5S. The molecule has 0 heterocycles. The maximum absolute atomic E-state index is 13.3. The normalized spacial score (nSPS) is 11.3. The number of amides is 1. The molecule has 1 amide bonds. The molecule has 0 aliphatic rings. The Labute approximate surface area is 192 Å². The van der Waals surface area contributed by atoms with Crippen LogP contribution >= 0.6 is 0 Å². The van der Waals surface area contributed by atoms with Crippen LogP contribution in [-0.2, 0) is 14.8 Å². The highest BCUT2D eigenvalue weighted by atomic mass is 32.2. The summed E-state index contributed by atoms with van der Waals surface area (Å²) in [5.41, 5.74) is 5.15. The minimum Gasteiger partial charge on any atom is -0.478 e. The highest BCUT2D eigenvalue weighted by molar-refractivity contribution is 7.92. The van der Waals surface area contributed by atoms with E-state index in [1.54, 1.807) is 42.5 Å². The van der Waals surface area contributed by atoms with Crippen LogP contribution in [0.2, 0.25) is 0 Å². The van der Waals surface area contributed by atoms with E-state index in [-0.39, 0.29) is 10.5 Å². The number of nitrogens with zero attached hydrogens (tertiary/aromatic N) is 2. The number of anilines is 1. The van der Waals surface area contributed by atoms with Gasteiger partial charge in [-0.2, -0.15) is 5.10 Å². The topological polar surface area (TPSA) is 116 Å². The fraction of sp³-hybridized carbons (Fsp3) is 0.125. The van der Waals surface area contributed by atoms with Crippen molar-refractivity contribution in [2.24, 2.45) is 5.10 Å². The predicted octanol–water partition coefficient (Wildman–Crippen LogP) is 3.35. The van der Waals surface area contributed by atoms with Crippen molar-refractivity contribution < 1.29 is 23.1 Å². The molecule has 0 aromatic heterocycles. The van der Waals surface area contributed by atoms with Gasteiger partial charge in [0, 0.05) is 0 Å². The van der Waals surface area contributed by atoms with Gasteiger partial charge in [-0.05, 0) is 61.4 Å². The van der Waals surface area contributed by atoms with Gasteiger partial charge in [0.05, 0.1) is 22.4 Å². The Bertz CT molecular complexity index is 1280. The molecule has 9 heteroatoms. The molecule has 3 aromatic carbocycles. The number of hydrogen-bond donors (Lipinski definition) is 2. The van der Waals surface area contributed by atoms with Crippen LogP contribution in [0.5, 0.6) is 0 Å². The maximum atomic E-state index is 13.3. The van der Waals surface area contributed by atoms with Crippen molar-refractivity contribution in [2.75, 3.05) is 10.8 Å². The highest BCUT2D eigenvalue weighted by Gasteiger charge is 2.27. The summed E-state index contributed by atoms with van der Waals surface area (Å²) >= 11 is 0. The van der Waals surface area contributed by atoms with Crippen molar-refractivity contribution in [3.05, 3.63) is 95.1 Å². The van der Waals surface area contributed by atoms with E-state index in [9.17, 15) is 18.0 Å². The molecule has 33 heavy (non-hydrogen) atoms. The Balaban J connectivity index is 1.80. The summed E-state index contributed by atoms with van der Waals surface area (Å²) in [6, 6.07) is 19.2. The third-order valence-corrected chi connectivity index (χ3v) is 6.53. The van der Waals surface area contributed by atoms with Crippen LogP contribution in [0.25, 0.3) is 0 Å². The fourth-order valence-electron chi connectivity index (χ4n) is 2.99. The van der Waals surface area contributed by atoms with E-state index in [4.69, 9.17) is 5.11 Å². The van der Waals surface area contributed by atoms with Crippen molar-refractivity contribution in [2.45, 2.75) is 18.7 Å². The van der Waals surface area contributed by atoms with Gasteiger partial charge in [-0.25, -0.2) is 18.6 Å². The molecule has 3 rings (SSSR count). The number of hydrogen-bond acceptors (Lipinski definition) is 5. The van der Waals surface area contributed by atoms with Crippen molar-refractivity contribution in [3.63, 3.8) is 0 Å². The summed E-state index contributed by atoms with van der Waals surface area (Å²) in [7, 11) is -4.01. The maximum Gasteiger partial charge on any atom is 0.335 e. The Kier molecular flexibility index (Phi) is 7.24. The lowest BCUT2D eigenvalue weighted by Crippen LogP contribution is -2.39. The molecule has 0 atom stereocenters. The van der Waals surface area contributed by atoms with Crippen LogP contribution in [0.4, 0.5) is 5.69 Å². The third kappa shape index (κ3) is 6.05. The van der Waals surface area contributed by atoms with Crippen LogP contribution in [-0.4, -0.2) is 38.2 Å². The lowest BCUT2D eigenvalue weighted by Gasteiger charge is -2.24. The number of aryl methyl sites for hydroxylation is 2. The summed E-state index contributed by atoms with van der Waals surface area (Å²) in [6.07, 6.45) is 1.34. The van der Waals surface area contributed by atoms with Crippen LogP contribution in [0, 0.1) is 13.8 Å². The Morgan fingerprint density at radius 2 is 1.64 bits per heavy atom. The van der Waals surface area contributed by atoms with Gasteiger partial charge in [0.2, 0.25) is 0 Å². The van der Waals surface area contributed by atoms with Crippen LogP contribution in [0.15, 0.2) is 82.8 Å². The quantitative estimate of drug-likeness (QED) is 0.391. The SMILES string of the molecule is Cc1ccc(S(=O)(=O)N(CC(=O)N/N=C\c2ccc(C(=O)O)cc2)c2cccc(C)c2)cc1. The average molecular weight is 466 g/mol. The van der Waals surface area contributed by atoms with Gasteiger partial charge in [0.15, 0.2) is 0 Å². The molecule has 0 unspecified atom stereocenters. The average Bonchev–Trinajstić information content (AvgIpc) is 2.78. The monoisotopic (exact) mass is 465 g/mol. The van der Waals surface area contributed by atoms with Crippen LogP contribution in [0.1, 0.15) is 27.0 Å². The number of carbonyl (C=O) groups excluding carboxylic acids is 1. The second-order valence-electron chi connectivity index (χ2n) is 7.38. The van der Waals surface area contributed by atoms with Gasteiger partial charge in [0.1, 0.15) is 6.54 Å². The Hall–Kier alpha value is -3.98. The highest BCUT2D eigenvalue weighted by Crippen LogP contribution is 2.24. The molecule has 0 radical (unpaired) electrons. The van der Waals surface area contributed by atoms with Crippen molar-refractivity contribution in [1.82, 2.24) is 5.43 Å². The molecule has 0 bridgehead atoms. The molecule has 0 saturated carbocycles. The summed E-state index contributed by atoms with van der Waals surface area (Å²) in [4.78, 5) is 23.6. The molecule has 0 saturated heterocycles. The molecular weight excluding hydrogens is 442 g/mol. The van der Waals surface area contributed by atoms with E-state index < -0.39 is 28.4 Å². The van der Waals surface area contributed by atoms with E-state index in [2.05, 4.69) is 10.5 Å². The summed E-state index contributed by atoms with van der Waals surface area (Å²) < 4.78 is 27.7. The lowest BCUT2D eigenvalue weighted by atomic mass is 10.1. The Morgan fingerprint density at radius 3 is 2.24 bits per heavy atom. The Morgan fingerprint density at radius 1 is 0.970 bits per heavy atom. The molecule has 0 fully saturated rings. The molecule has 170 valence electrons. The minimum absolute atomic E-state index is 0.0735. The first kappa shape index (κ1) is 23.7. The zero-order chi connectivity index (χ0) is 24.0. The van der Waals surface area contributed by atoms with Gasteiger partial charge in [-0.1, -0.05) is 42.0 Å². The largest absolute Gasteiger partial charge is 0.478 e. The number of hydrazone groups is 1. The van der Waals surface area contributed by atoms with Gasteiger partial charge in [0.25, 0.3) is 15.9 Å². The number of carboxylic acid groups (broad SMARTS) is 1. The number of aromatic carboxylic acids is 1. The molecule has 3 aromatic rings. The number of benzene rings is 3.